The lowest BCUT2D eigenvalue weighted by Crippen LogP contribution is -2.49. The number of hydrogen-bond donors (Lipinski definition) is 1. The van der Waals surface area contributed by atoms with Crippen LogP contribution in [0.3, 0.4) is 0 Å². The number of nitrogens with one attached hydrogen (secondary N) is 1. The van der Waals surface area contributed by atoms with E-state index >= 15 is 0 Å². The van der Waals surface area contributed by atoms with E-state index in [0.29, 0.717) is 38.3 Å². The maximum absolute atomic E-state index is 12.4. The molecule has 1 atom stereocenters. The van der Waals surface area contributed by atoms with Gasteiger partial charge in [0.05, 0.1) is 11.1 Å². The molecule has 1 heterocycles. The Labute approximate surface area is 157 Å². The topological polar surface area (TPSA) is 67.9 Å². The number of piperidine rings is 1. The van der Waals surface area contributed by atoms with Crippen molar-refractivity contribution in [3.8, 4) is 5.75 Å². The third-order valence-electron chi connectivity index (χ3n) is 4.13. The van der Waals surface area contributed by atoms with Crippen LogP contribution in [0.25, 0.3) is 0 Å². The largest absolute Gasteiger partial charge is 0.480 e. The SMILES string of the molecule is CCOC(=O)N1CCC(NC(=O)C(C)Oc2ccc(C)cc2Br)CC1. The van der Waals surface area contributed by atoms with Gasteiger partial charge in [0.1, 0.15) is 5.75 Å². The van der Waals surface area contributed by atoms with Gasteiger partial charge in [-0.05, 0) is 67.2 Å². The van der Waals surface area contributed by atoms with E-state index in [1.54, 1.807) is 18.7 Å². The Balaban J connectivity index is 1.81. The summed E-state index contributed by atoms with van der Waals surface area (Å²) in [4.78, 5) is 25.7. The Morgan fingerprint density at radius 1 is 1.36 bits per heavy atom. The predicted molar refractivity (Wildman–Crippen MR) is 98.7 cm³/mol. The molecule has 7 heteroatoms. The van der Waals surface area contributed by atoms with Crippen LogP contribution in [-0.2, 0) is 9.53 Å². The molecule has 0 bridgehead atoms. The van der Waals surface area contributed by atoms with Crippen LogP contribution in [0.5, 0.6) is 5.75 Å². The zero-order valence-corrected chi connectivity index (χ0v) is 16.5. The standard InChI is InChI=1S/C18H25BrN2O4/c1-4-24-18(23)21-9-7-14(8-10-21)20-17(22)13(3)25-16-6-5-12(2)11-15(16)19/h5-6,11,13-14H,4,7-10H2,1-3H3,(H,20,22). The van der Waals surface area contributed by atoms with Crippen LogP contribution < -0.4 is 10.1 Å². The maximum Gasteiger partial charge on any atom is 0.409 e. The number of halogens is 1. The van der Waals surface area contributed by atoms with Crippen LogP contribution >= 0.6 is 15.9 Å². The lowest BCUT2D eigenvalue weighted by molar-refractivity contribution is -0.128. The molecule has 1 aliphatic heterocycles. The highest BCUT2D eigenvalue weighted by Crippen LogP contribution is 2.26. The number of aryl methyl sites for hydroxylation is 1. The molecule has 6 nitrogen and oxygen atoms in total. The molecule has 0 aliphatic carbocycles. The zero-order valence-electron chi connectivity index (χ0n) is 14.9. The van der Waals surface area contributed by atoms with Crippen LogP contribution in [-0.4, -0.2) is 48.7 Å². The van der Waals surface area contributed by atoms with Crippen LogP contribution in [0.15, 0.2) is 22.7 Å². The first-order valence-corrected chi connectivity index (χ1v) is 9.35. The van der Waals surface area contributed by atoms with Gasteiger partial charge >= 0.3 is 6.09 Å². The van der Waals surface area contributed by atoms with E-state index in [1.807, 2.05) is 25.1 Å². The first kappa shape index (κ1) is 19.6. The quantitative estimate of drug-likeness (QED) is 0.805. The highest BCUT2D eigenvalue weighted by atomic mass is 79.9. The van der Waals surface area contributed by atoms with E-state index in [-0.39, 0.29) is 18.0 Å². The molecule has 2 amide bonds. The predicted octanol–water partition coefficient (Wildman–Crippen LogP) is 3.26. The number of amides is 2. The summed E-state index contributed by atoms with van der Waals surface area (Å²) >= 11 is 3.45. The maximum atomic E-state index is 12.4. The Hall–Kier alpha value is -1.76. The van der Waals surface area contributed by atoms with Gasteiger partial charge in [0.2, 0.25) is 0 Å². The van der Waals surface area contributed by atoms with Crippen molar-refractivity contribution in [2.75, 3.05) is 19.7 Å². The molecule has 0 radical (unpaired) electrons. The number of rotatable bonds is 5. The van der Waals surface area contributed by atoms with E-state index in [4.69, 9.17) is 9.47 Å². The van der Waals surface area contributed by atoms with Crippen LogP contribution in [0.1, 0.15) is 32.3 Å². The summed E-state index contributed by atoms with van der Waals surface area (Å²) in [5, 5.41) is 3.00. The molecule has 138 valence electrons. The molecule has 1 unspecified atom stereocenters. The highest BCUT2D eigenvalue weighted by Gasteiger charge is 2.26. The Bertz CT molecular complexity index is 615. The Kier molecular flexibility index (Phi) is 7.11. The lowest BCUT2D eigenvalue weighted by atomic mass is 10.1. The van der Waals surface area contributed by atoms with Crippen molar-refractivity contribution < 1.29 is 19.1 Å². The molecule has 0 aromatic heterocycles. The van der Waals surface area contributed by atoms with E-state index < -0.39 is 6.10 Å². The van der Waals surface area contributed by atoms with Crippen molar-refractivity contribution in [1.82, 2.24) is 10.2 Å². The van der Waals surface area contributed by atoms with Crippen molar-refractivity contribution in [2.45, 2.75) is 45.8 Å². The summed E-state index contributed by atoms with van der Waals surface area (Å²) in [5.74, 6) is 0.493. The minimum atomic E-state index is -0.595. The van der Waals surface area contributed by atoms with Gasteiger partial charge in [0.25, 0.3) is 5.91 Å². The third-order valence-corrected chi connectivity index (χ3v) is 4.75. The average molecular weight is 413 g/mol. The number of ether oxygens (including phenoxy) is 2. The van der Waals surface area contributed by atoms with Crippen LogP contribution in [0, 0.1) is 6.92 Å². The summed E-state index contributed by atoms with van der Waals surface area (Å²) in [6.07, 6.45) is 0.548. The summed E-state index contributed by atoms with van der Waals surface area (Å²) in [5.41, 5.74) is 1.12. The molecule has 25 heavy (non-hydrogen) atoms. The number of likely N-dealkylation sites (tertiary alicyclic amines) is 1. The van der Waals surface area contributed by atoms with Gasteiger partial charge in [0, 0.05) is 19.1 Å². The molecular weight excluding hydrogens is 388 g/mol. The molecular formula is C18H25BrN2O4. The molecule has 1 fully saturated rings. The normalized spacial score (nSPS) is 16.2. The Morgan fingerprint density at radius 3 is 2.64 bits per heavy atom. The summed E-state index contributed by atoms with van der Waals surface area (Å²) < 4.78 is 11.6. The second-order valence-electron chi connectivity index (χ2n) is 6.16. The number of carbonyl (C=O) groups is 2. The fourth-order valence-corrected chi connectivity index (χ4v) is 3.27. The number of hydrogen-bond acceptors (Lipinski definition) is 4. The van der Waals surface area contributed by atoms with E-state index in [2.05, 4.69) is 21.2 Å². The van der Waals surface area contributed by atoms with Crippen molar-refractivity contribution in [3.63, 3.8) is 0 Å². The van der Waals surface area contributed by atoms with E-state index in [1.165, 1.54) is 0 Å². The van der Waals surface area contributed by atoms with E-state index in [9.17, 15) is 9.59 Å². The first-order valence-electron chi connectivity index (χ1n) is 8.55. The van der Waals surface area contributed by atoms with Crippen molar-refractivity contribution in [2.24, 2.45) is 0 Å². The van der Waals surface area contributed by atoms with Crippen molar-refractivity contribution in [3.05, 3.63) is 28.2 Å². The second kappa shape index (κ2) is 9.08. The molecule has 1 N–H and O–H groups in total. The fourth-order valence-electron chi connectivity index (χ4n) is 2.69. The van der Waals surface area contributed by atoms with Gasteiger partial charge in [-0.3, -0.25) is 4.79 Å². The molecule has 0 saturated carbocycles. The summed E-state index contributed by atoms with van der Waals surface area (Å²) in [6, 6.07) is 5.78. The van der Waals surface area contributed by atoms with Gasteiger partial charge in [-0.1, -0.05) is 6.07 Å². The Morgan fingerprint density at radius 2 is 2.04 bits per heavy atom. The van der Waals surface area contributed by atoms with Gasteiger partial charge in [-0.2, -0.15) is 0 Å². The van der Waals surface area contributed by atoms with Crippen molar-refractivity contribution >= 4 is 27.9 Å². The van der Waals surface area contributed by atoms with Crippen LogP contribution in [0.2, 0.25) is 0 Å². The average Bonchev–Trinajstić information content (AvgIpc) is 2.58. The second-order valence-corrected chi connectivity index (χ2v) is 7.02. The van der Waals surface area contributed by atoms with Gasteiger partial charge < -0.3 is 19.7 Å². The monoisotopic (exact) mass is 412 g/mol. The molecule has 2 rings (SSSR count). The molecule has 1 aromatic carbocycles. The molecule has 1 aliphatic rings. The van der Waals surface area contributed by atoms with Crippen LogP contribution in [0.4, 0.5) is 4.79 Å². The first-order chi connectivity index (χ1) is 11.9. The summed E-state index contributed by atoms with van der Waals surface area (Å²) in [6.45, 7) is 7.06. The van der Waals surface area contributed by atoms with Gasteiger partial charge in [0.15, 0.2) is 6.10 Å². The zero-order chi connectivity index (χ0) is 18.4. The van der Waals surface area contributed by atoms with E-state index in [0.717, 1.165) is 10.0 Å². The third kappa shape index (κ3) is 5.63. The molecule has 1 saturated heterocycles. The van der Waals surface area contributed by atoms with Gasteiger partial charge in [-0.15, -0.1) is 0 Å². The fraction of sp³-hybridized carbons (Fsp3) is 0.556. The van der Waals surface area contributed by atoms with Gasteiger partial charge in [-0.25, -0.2) is 4.79 Å². The summed E-state index contributed by atoms with van der Waals surface area (Å²) in [7, 11) is 0. The highest BCUT2D eigenvalue weighted by molar-refractivity contribution is 9.10. The smallest absolute Gasteiger partial charge is 0.409 e. The van der Waals surface area contributed by atoms with Crippen molar-refractivity contribution in [1.29, 1.82) is 0 Å². The number of benzene rings is 1. The lowest BCUT2D eigenvalue weighted by Gasteiger charge is -2.32. The molecule has 0 spiro atoms. The molecule has 1 aromatic rings. The minimum absolute atomic E-state index is 0.0469. The number of carbonyl (C=O) groups excluding carboxylic acids is 2. The number of nitrogens with zero attached hydrogens (tertiary/aromatic N) is 1. The minimum Gasteiger partial charge on any atom is -0.480 e.